The SMILES string of the molecule is C[C@H](NC(=O)[C@H](CC(N)=O)NC(=O)[C@H](CCC(N)=O)NC(=O)[C@H](CC(=O)O)NC(=O)[C@H](CCC(N)=O)NC(=O)[C@H](CC(N)=O)NC(=O)[C@@H]1CCCN1)C(=O)N[C@@H](CCCN=C(N)N)C(=O)O. The molecule has 22 N–H and O–H groups in total. The molecule has 1 aliphatic rings. The minimum Gasteiger partial charge on any atom is -0.481 e. The third-order valence-electron chi connectivity index (χ3n) is 9.40. The first-order chi connectivity index (χ1) is 30.8. The molecule has 0 bridgehead atoms. The largest absolute Gasteiger partial charge is 0.481 e. The van der Waals surface area contributed by atoms with Gasteiger partial charge in [-0.1, -0.05) is 0 Å². The highest BCUT2D eigenvalue weighted by molar-refractivity contribution is 6.00. The van der Waals surface area contributed by atoms with E-state index in [4.69, 9.17) is 34.4 Å². The second kappa shape index (κ2) is 28.2. The molecule has 1 saturated heterocycles. The van der Waals surface area contributed by atoms with Gasteiger partial charge in [0.15, 0.2) is 5.96 Å². The minimum absolute atomic E-state index is 0.0416. The summed E-state index contributed by atoms with van der Waals surface area (Å²) in [5, 5.41) is 37.4. The lowest BCUT2D eigenvalue weighted by atomic mass is 10.0. The van der Waals surface area contributed by atoms with Crippen LogP contribution in [0.4, 0.5) is 0 Å². The Morgan fingerprint density at radius 3 is 1.38 bits per heavy atom. The molecule has 8 atom stereocenters. The third kappa shape index (κ3) is 22.1. The van der Waals surface area contributed by atoms with E-state index in [9.17, 15) is 72.5 Å². The van der Waals surface area contributed by atoms with Gasteiger partial charge in [-0.3, -0.25) is 62.5 Å². The predicted octanol–water partition coefficient (Wildman–Crippen LogP) is -8.95. The Bertz CT molecular complexity index is 1870. The number of hydrogen-bond donors (Lipinski definition) is 16. The van der Waals surface area contributed by atoms with Crippen LogP contribution in [0.15, 0.2) is 4.99 Å². The topological polar surface area (TPSA) is 527 Å². The van der Waals surface area contributed by atoms with Crippen molar-refractivity contribution in [2.75, 3.05) is 13.1 Å². The molecule has 0 saturated carbocycles. The Labute approximate surface area is 376 Å². The van der Waals surface area contributed by atoms with Gasteiger partial charge < -0.3 is 87.1 Å². The molecular weight excluding hydrogens is 882 g/mol. The number of aliphatic carboxylic acids is 2. The molecule has 30 heteroatoms. The fourth-order valence-electron chi connectivity index (χ4n) is 6.02. The molecule has 0 aromatic rings. The monoisotopic (exact) mass is 941 g/mol. The fourth-order valence-corrected chi connectivity index (χ4v) is 6.02. The standard InChI is InChI=1S/C36H59N15O15/c1-15(28(58)48-19(35(65)66)5-3-11-44-36(41)42)45-32(62)20(12-25(39)54)50-30(60)17(6-8-23(37)52)47-34(64)22(14-27(56)57)51-31(61)18(7-9-24(38)53)46-33(63)21(13-26(40)55)49-29(59)16-4-2-10-43-16/h15-22,43H,2-14H2,1H3,(H2,37,52)(H2,38,53)(H2,39,54)(H2,40,55)(H,45,62)(H,46,63)(H,47,64)(H,48,58)(H,49,59)(H,50,60)(H,51,61)(H,56,57)(H,65,66)(H4,41,42,44)/t15-,16-,17-,18-,19-,20-,21-,22-/m0/s1. The van der Waals surface area contributed by atoms with Crippen LogP contribution in [0.3, 0.4) is 0 Å². The molecule has 1 fully saturated rings. The molecule has 0 radical (unpaired) electrons. The number of guanidine groups is 1. The van der Waals surface area contributed by atoms with Gasteiger partial charge in [-0.2, -0.15) is 0 Å². The average Bonchev–Trinajstić information content (AvgIpc) is 3.75. The van der Waals surface area contributed by atoms with E-state index in [0.717, 1.165) is 6.92 Å². The van der Waals surface area contributed by atoms with Gasteiger partial charge in [0.05, 0.1) is 25.3 Å². The number of carbonyl (C=O) groups excluding carboxylic acids is 11. The lowest BCUT2D eigenvalue weighted by Crippen LogP contribution is -2.60. The van der Waals surface area contributed by atoms with E-state index in [0.29, 0.717) is 19.4 Å². The number of nitrogens with zero attached hydrogens (tertiary/aromatic N) is 1. The number of carboxylic acids is 2. The van der Waals surface area contributed by atoms with Gasteiger partial charge in [0.2, 0.25) is 65.0 Å². The zero-order valence-electron chi connectivity index (χ0n) is 35.9. The van der Waals surface area contributed by atoms with Gasteiger partial charge >= 0.3 is 11.9 Å². The molecule has 0 aromatic carbocycles. The zero-order chi connectivity index (χ0) is 50.3. The highest BCUT2D eigenvalue weighted by atomic mass is 16.4. The number of carbonyl (C=O) groups is 13. The number of carboxylic acid groups (broad SMARTS) is 2. The first kappa shape index (κ1) is 56.4. The maximum absolute atomic E-state index is 13.6. The molecule has 1 heterocycles. The van der Waals surface area contributed by atoms with E-state index in [1.165, 1.54) is 0 Å². The number of amides is 11. The van der Waals surface area contributed by atoms with Crippen molar-refractivity contribution in [3.8, 4) is 0 Å². The van der Waals surface area contributed by atoms with E-state index in [2.05, 4.69) is 47.5 Å². The second-order valence-corrected chi connectivity index (χ2v) is 15.0. The van der Waals surface area contributed by atoms with Crippen LogP contribution in [0.1, 0.15) is 77.6 Å². The van der Waals surface area contributed by atoms with Crippen molar-refractivity contribution in [1.82, 2.24) is 42.5 Å². The summed E-state index contributed by atoms with van der Waals surface area (Å²) in [6, 6.07) is -12.9. The highest BCUT2D eigenvalue weighted by Crippen LogP contribution is 2.09. The van der Waals surface area contributed by atoms with Gasteiger partial charge in [0.25, 0.3) is 0 Å². The third-order valence-corrected chi connectivity index (χ3v) is 9.40. The van der Waals surface area contributed by atoms with Crippen LogP contribution >= 0.6 is 0 Å². The first-order valence-corrected chi connectivity index (χ1v) is 20.3. The maximum atomic E-state index is 13.6. The molecule has 1 rings (SSSR count). The van der Waals surface area contributed by atoms with Gasteiger partial charge in [0, 0.05) is 19.4 Å². The first-order valence-electron chi connectivity index (χ1n) is 20.3. The van der Waals surface area contributed by atoms with Crippen LogP contribution in [0.5, 0.6) is 0 Å². The minimum atomic E-state index is -2.08. The molecular formula is C36H59N15O15. The summed E-state index contributed by atoms with van der Waals surface area (Å²) < 4.78 is 0. The molecule has 0 spiro atoms. The summed E-state index contributed by atoms with van der Waals surface area (Å²) in [6.45, 7) is 1.68. The molecule has 368 valence electrons. The number of nitrogens with one attached hydrogen (secondary N) is 8. The van der Waals surface area contributed by atoms with E-state index < -0.39 is 170 Å². The van der Waals surface area contributed by atoms with E-state index in [1.54, 1.807) is 0 Å². The summed E-state index contributed by atoms with van der Waals surface area (Å²) in [5.41, 5.74) is 31.5. The molecule has 30 nitrogen and oxygen atoms in total. The second-order valence-electron chi connectivity index (χ2n) is 15.0. The maximum Gasteiger partial charge on any atom is 0.326 e. The van der Waals surface area contributed by atoms with E-state index >= 15 is 0 Å². The fraction of sp³-hybridized carbons (Fsp3) is 0.611. The Morgan fingerprint density at radius 1 is 0.545 bits per heavy atom. The van der Waals surface area contributed by atoms with Crippen LogP contribution < -0.4 is 76.9 Å². The number of aliphatic imine (C=N–C) groups is 1. The molecule has 0 aromatic heterocycles. The molecule has 0 unspecified atom stereocenters. The summed E-state index contributed by atoms with van der Waals surface area (Å²) in [4.78, 5) is 167. The Balaban J connectivity index is 3.32. The zero-order valence-corrected chi connectivity index (χ0v) is 35.9. The van der Waals surface area contributed by atoms with E-state index in [-0.39, 0.29) is 25.3 Å². The highest BCUT2D eigenvalue weighted by Gasteiger charge is 2.36. The summed E-state index contributed by atoms with van der Waals surface area (Å²) in [6.07, 6.45) is -4.12. The number of rotatable bonds is 31. The quantitative estimate of drug-likeness (QED) is 0.0174. The molecule has 66 heavy (non-hydrogen) atoms. The van der Waals surface area contributed by atoms with Gasteiger partial charge in [0.1, 0.15) is 42.3 Å². The number of nitrogens with two attached hydrogens (primary N) is 6. The predicted molar refractivity (Wildman–Crippen MR) is 224 cm³/mol. The van der Waals surface area contributed by atoms with Crippen molar-refractivity contribution in [1.29, 1.82) is 0 Å². The lowest BCUT2D eigenvalue weighted by molar-refractivity contribution is -0.143. The summed E-state index contributed by atoms with van der Waals surface area (Å²) in [7, 11) is 0. The van der Waals surface area contributed by atoms with Gasteiger partial charge in [-0.05, 0) is 52.0 Å². The Hall–Kier alpha value is -7.66. The number of primary amides is 4. The van der Waals surface area contributed by atoms with E-state index in [1.807, 2.05) is 0 Å². The van der Waals surface area contributed by atoms with Crippen LogP contribution in [-0.2, 0) is 62.3 Å². The van der Waals surface area contributed by atoms with Crippen molar-refractivity contribution < 1.29 is 72.5 Å². The Morgan fingerprint density at radius 2 is 0.970 bits per heavy atom. The smallest absolute Gasteiger partial charge is 0.326 e. The number of hydrogen-bond acceptors (Lipinski definition) is 15. The van der Waals surface area contributed by atoms with Crippen molar-refractivity contribution in [3.63, 3.8) is 0 Å². The average molecular weight is 942 g/mol. The molecule has 1 aliphatic heterocycles. The van der Waals surface area contributed by atoms with Crippen molar-refractivity contribution in [2.45, 2.75) is 126 Å². The van der Waals surface area contributed by atoms with Crippen LogP contribution in [0.25, 0.3) is 0 Å². The Kier molecular flexibility index (Phi) is 24.1. The van der Waals surface area contributed by atoms with Gasteiger partial charge in [-0.15, -0.1) is 0 Å². The van der Waals surface area contributed by atoms with Crippen LogP contribution in [0, 0.1) is 0 Å². The van der Waals surface area contributed by atoms with Gasteiger partial charge in [-0.25, -0.2) is 4.79 Å². The van der Waals surface area contributed by atoms with Crippen molar-refractivity contribution in [3.05, 3.63) is 0 Å². The summed E-state index contributed by atoms with van der Waals surface area (Å²) >= 11 is 0. The molecule has 11 amide bonds. The van der Waals surface area contributed by atoms with Crippen molar-refractivity contribution in [2.24, 2.45) is 39.4 Å². The van der Waals surface area contributed by atoms with Crippen LogP contribution in [-0.4, -0.2) is 155 Å². The molecule has 0 aliphatic carbocycles. The lowest BCUT2D eigenvalue weighted by Gasteiger charge is -2.27. The van der Waals surface area contributed by atoms with Crippen molar-refractivity contribution >= 4 is 82.9 Å². The normalized spacial score (nSPS) is 16.1. The summed E-state index contributed by atoms with van der Waals surface area (Å²) in [5.74, 6) is -15.5. The van der Waals surface area contributed by atoms with Crippen LogP contribution in [0.2, 0.25) is 0 Å².